The number of nitrogens with two attached hydrogens (primary N) is 1. The Bertz CT molecular complexity index is 1460. The van der Waals surface area contributed by atoms with Crippen molar-refractivity contribution in [2.75, 3.05) is 23.7 Å². The number of anilines is 2. The van der Waals surface area contributed by atoms with Crippen molar-refractivity contribution in [2.45, 2.75) is 56.1 Å². The number of halogens is 2. The first-order valence-electron chi connectivity index (χ1n) is 14.2. The third kappa shape index (κ3) is 6.92. The number of likely N-dealkylation sites (tertiary alicyclic amines) is 1. The minimum Gasteiger partial charge on any atom is -0.392 e. The molecule has 2 unspecified atom stereocenters. The van der Waals surface area contributed by atoms with E-state index in [4.69, 9.17) is 17.3 Å². The summed E-state index contributed by atoms with van der Waals surface area (Å²) in [7, 11) is 0. The number of β-amino-alcohol motifs (C(OH)–C–C–N with tert-alkyl or cyclic N) is 1. The van der Waals surface area contributed by atoms with Crippen LogP contribution in [0.25, 0.3) is 0 Å². The van der Waals surface area contributed by atoms with Crippen LogP contribution >= 0.6 is 11.6 Å². The van der Waals surface area contributed by atoms with Gasteiger partial charge in [0.2, 0.25) is 0 Å². The Morgan fingerprint density at radius 1 is 1.17 bits per heavy atom. The van der Waals surface area contributed by atoms with E-state index in [9.17, 15) is 20.3 Å². The molecule has 10 heteroatoms. The highest BCUT2D eigenvalue weighted by molar-refractivity contribution is 6.30. The van der Waals surface area contributed by atoms with Crippen molar-refractivity contribution >= 4 is 28.8 Å². The topological polar surface area (TPSA) is 135 Å². The number of benzene rings is 3. The van der Waals surface area contributed by atoms with Crippen LogP contribution < -0.4 is 16.4 Å². The van der Waals surface area contributed by atoms with Crippen LogP contribution in [0.15, 0.2) is 66.7 Å². The molecule has 1 heterocycles. The van der Waals surface area contributed by atoms with E-state index in [0.717, 1.165) is 12.0 Å². The molecule has 2 aliphatic rings. The van der Waals surface area contributed by atoms with Crippen molar-refractivity contribution in [1.82, 2.24) is 4.90 Å². The second-order valence-corrected chi connectivity index (χ2v) is 11.7. The lowest BCUT2D eigenvalue weighted by Gasteiger charge is -2.32. The molecule has 6 N–H and O–H groups in total. The monoisotopic (exact) mass is 591 g/mol. The summed E-state index contributed by atoms with van der Waals surface area (Å²) in [6.07, 6.45) is 2.00. The van der Waals surface area contributed by atoms with Gasteiger partial charge in [0.15, 0.2) is 12.1 Å². The average molecular weight is 592 g/mol. The number of nitrogens with one attached hydrogen (secondary N) is 2. The van der Waals surface area contributed by atoms with Gasteiger partial charge in [0, 0.05) is 17.3 Å². The van der Waals surface area contributed by atoms with Gasteiger partial charge in [-0.2, -0.15) is 5.26 Å². The van der Waals surface area contributed by atoms with Crippen LogP contribution in [-0.2, 0) is 10.3 Å². The second kappa shape index (κ2) is 12.8. The summed E-state index contributed by atoms with van der Waals surface area (Å²) in [4.78, 5) is 14.8. The first-order chi connectivity index (χ1) is 20.2. The highest BCUT2D eigenvalue weighted by Gasteiger charge is 2.39. The minimum absolute atomic E-state index is 0.0977. The van der Waals surface area contributed by atoms with Gasteiger partial charge >= 0.3 is 0 Å². The fourth-order valence-corrected chi connectivity index (χ4v) is 5.73. The molecule has 42 heavy (non-hydrogen) atoms. The van der Waals surface area contributed by atoms with Crippen molar-refractivity contribution in [2.24, 2.45) is 11.7 Å². The van der Waals surface area contributed by atoms with E-state index in [-0.39, 0.29) is 31.0 Å². The average Bonchev–Trinajstić information content (AvgIpc) is 3.75. The Kier molecular flexibility index (Phi) is 9.11. The summed E-state index contributed by atoms with van der Waals surface area (Å²) in [5, 5.41) is 36.9. The van der Waals surface area contributed by atoms with E-state index >= 15 is 4.39 Å². The lowest BCUT2D eigenvalue weighted by atomic mass is 9.79. The fourth-order valence-electron chi connectivity index (χ4n) is 5.60. The molecule has 4 atom stereocenters. The van der Waals surface area contributed by atoms with Crippen LogP contribution in [0, 0.1) is 23.1 Å². The van der Waals surface area contributed by atoms with E-state index in [1.807, 2.05) is 6.07 Å². The molecule has 3 aromatic rings. The molecule has 2 fully saturated rings. The zero-order valence-corrected chi connectivity index (χ0v) is 23.9. The zero-order chi connectivity index (χ0) is 29.9. The van der Waals surface area contributed by atoms with Crippen molar-refractivity contribution in [3.05, 3.63) is 94.3 Å². The molecule has 0 bridgehead atoms. The largest absolute Gasteiger partial charge is 0.392 e. The summed E-state index contributed by atoms with van der Waals surface area (Å²) in [6.45, 7) is -0.119. The number of carbonyl (C=O) groups is 1. The molecule has 3 aromatic carbocycles. The Labute approximate surface area is 249 Å². The van der Waals surface area contributed by atoms with Gasteiger partial charge in [0.1, 0.15) is 5.82 Å². The highest BCUT2D eigenvalue weighted by atomic mass is 35.5. The summed E-state index contributed by atoms with van der Waals surface area (Å²) < 4.78 is 15.0. The van der Waals surface area contributed by atoms with Gasteiger partial charge in [-0.1, -0.05) is 42.6 Å². The summed E-state index contributed by atoms with van der Waals surface area (Å²) >= 11 is 5.93. The third-order valence-corrected chi connectivity index (χ3v) is 8.48. The van der Waals surface area contributed by atoms with E-state index in [0.29, 0.717) is 34.2 Å². The number of nitriles is 1. The number of ketones is 1. The number of rotatable bonds is 12. The summed E-state index contributed by atoms with van der Waals surface area (Å²) in [5.41, 5.74) is 8.77. The van der Waals surface area contributed by atoms with Crippen molar-refractivity contribution in [3.63, 3.8) is 0 Å². The summed E-state index contributed by atoms with van der Waals surface area (Å²) in [5.74, 6) is -0.214. The number of aliphatic hydroxyl groups excluding tert-OH is 2. The van der Waals surface area contributed by atoms with Gasteiger partial charge in [-0.05, 0) is 84.8 Å². The molecule has 0 aromatic heterocycles. The number of carbonyl (C=O) groups excluding carboxylic acids is 1. The van der Waals surface area contributed by atoms with Crippen LogP contribution in [0.3, 0.4) is 0 Å². The molecule has 0 spiro atoms. The van der Waals surface area contributed by atoms with E-state index in [2.05, 4.69) is 16.7 Å². The Morgan fingerprint density at radius 2 is 1.90 bits per heavy atom. The standard InChI is InChI=1S/C32H35ClFN5O3/c33-24-7-9-25(10-8-24)38-31(42)39-19-26(40)16-29(39)30(41)18-37-28-15-23(6-11-27(28)34)32(36,13-12-20-4-5-20)22-3-1-2-21(14-22)17-35/h1-3,6-11,14-15,20,26,29,31,37-38,40,42H,4-5,12-13,16,18-19,36H2/t26-,29+,31?,32?/m0/s1. The SMILES string of the molecule is N#Cc1cccc(C(N)(CCC2CC2)c2ccc(F)c(NCC(=O)[C@H]3C[C@H](O)CN3C(O)Nc3ccc(Cl)cc3)c2)c1. The number of Topliss-reactive ketones (excluding diaryl/α,β-unsaturated/α-hetero) is 1. The number of hydrogen-bond acceptors (Lipinski definition) is 8. The molecule has 1 saturated carbocycles. The Hall–Kier alpha value is -3.52. The number of hydrogen-bond donors (Lipinski definition) is 5. The zero-order valence-electron chi connectivity index (χ0n) is 23.1. The van der Waals surface area contributed by atoms with Crippen molar-refractivity contribution < 1.29 is 19.4 Å². The van der Waals surface area contributed by atoms with Crippen molar-refractivity contribution in [3.8, 4) is 6.07 Å². The smallest absolute Gasteiger partial charge is 0.184 e. The lowest BCUT2D eigenvalue weighted by Crippen LogP contribution is -2.48. The van der Waals surface area contributed by atoms with Crippen LogP contribution in [0.5, 0.6) is 0 Å². The van der Waals surface area contributed by atoms with Gasteiger partial charge in [-0.3, -0.25) is 4.79 Å². The maximum Gasteiger partial charge on any atom is 0.184 e. The van der Waals surface area contributed by atoms with Crippen LogP contribution in [0.1, 0.15) is 48.8 Å². The molecule has 1 saturated heterocycles. The molecule has 1 aliphatic heterocycles. The molecular weight excluding hydrogens is 557 g/mol. The first-order valence-corrected chi connectivity index (χ1v) is 14.5. The van der Waals surface area contributed by atoms with Gasteiger partial charge < -0.3 is 26.6 Å². The van der Waals surface area contributed by atoms with Crippen LogP contribution in [0.2, 0.25) is 5.02 Å². The highest BCUT2D eigenvalue weighted by Crippen LogP contribution is 2.40. The van der Waals surface area contributed by atoms with E-state index < -0.39 is 29.9 Å². The Balaban J connectivity index is 1.31. The number of nitrogens with zero attached hydrogens (tertiary/aromatic N) is 2. The van der Waals surface area contributed by atoms with E-state index in [1.54, 1.807) is 54.6 Å². The Morgan fingerprint density at radius 3 is 2.62 bits per heavy atom. The maximum absolute atomic E-state index is 15.0. The minimum atomic E-state index is -1.23. The molecular formula is C32H35ClFN5O3. The van der Waals surface area contributed by atoms with Gasteiger partial charge in [0.05, 0.1) is 41.5 Å². The van der Waals surface area contributed by atoms with Crippen LogP contribution in [-0.4, -0.2) is 52.5 Å². The van der Waals surface area contributed by atoms with Gasteiger partial charge in [0.25, 0.3) is 0 Å². The lowest BCUT2D eigenvalue weighted by molar-refractivity contribution is -0.124. The maximum atomic E-state index is 15.0. The predicted octanol–water partition coefficient (Wildman–Crippen LogP) is 4.55. The molecule has 220 valence electrons. The van der Waals surface area contributed by atoms with Crippen LogP contribution in [0.4, 0.5) is 15.8 Å². The quantitative estimate of drug-likeness (QED) is 0.194. The summed E-state index contributed by atoms with van der Waals surface area (Å²) in [6, 6.07) is 19.9. The van der Waals surface area contributed by atoms with E-state index in [1.165, 1.54) is 23.8 Å². The predicted molar refractivity (Wildman–Crippen MR) is 160 cm³/mol. The molecule has 5 rings (SSSR count). The third-order valence-electron chi connectivity index (χ3n) is 8.23. The van der Waals surface area contributed by atoms with Crippen molar-refractivity contribution in [1.29, 1.82) is 5.26 Å². The second-order valence-electron chi connectivity index (χ2n) is 11.3. The molecule has 0 radical (unpaired) electrons. The molecule has 0 amide bonds. The normalized spacial score (nSPS) is 20.9. The molecule has 8 nitrogen and oxygen atoms in total. The van der Waals surface area contributed by atoms with Gasteiger partial charge in [-0.15, -0.1) is 0 Å². The van der Waals surface area contributed by atoms with Gasteiger partial charge in [-0.25, -0.2) is 9.29 Å². The molecule has 1 aliphatic carbocycles. The number of aliphatic hydroxyl groups is 2. The fraction of sp³-hybridized carbons (Fsp3) is 0.375. The first kappa shape index (κ1) is 30.0.